The van der Waals surface area contributed by atoms with E-state index < -0.39 is 5.97 Å². The Balaban J connectivity index is 2.05. The van der Waals surface area contributed by atoms with Crippen molar-refractivity contribution >= 4 is 23.2 Å². The normalized spacial score (nSPS) is 10.1. The molecule has 106 valence electrons. The molecular formula is C17H10N2O2S. The van der Waals surface area contributed by atoms with Crippen LogP contribution in [0, 0.1) is 6.57 Å². The van der Waals surface area contributed by atoms with Crippen molar-refractivity contribution in [2.75, 3.05) is 0 Å². The number of carbonyl (C=O) groups is 1. The van der Waals surface area contributed by atoms with E-state index in [-0.39, 0.29) is 4.88 Å². The third kappa shape index (κ3) is 2.60. The lowest BCUT2D eigenvalue weighted by atomic mass is 10.0. The molecule has 3 rings (SSSR count). The smallest absolute Gasteiger partial charge is 0.347 e. The Kier molecular flexibility index (Phi) is 3.69. The summed E-state index contributed by atoms with van der Waals surface area (Å²) in [7, 11) is 0. The first kappa shape index (κ1) is 14.0. The van der Waals surface area contributed by atoms with E-state index in [0.29, 0.717) is 11.4 Å². The molecule has 0 fully saturated rings. The number of hydrogen-bond acceptors (Lipinski definition) is 3. The van der Waals surface area contributed by atoms with Gasteiger partial charge in [-0.15, -0.1) is 0 Å². The molecule has 1 aromatic heterocycles. The molecule has 0 bridgehead atoms. The zero-order chi connectivity index (χ0) is 15.5. The minimum Gasteiger partial charge on any atom is -0.477 e. The Morgan fingerprint density at radius 2 is 1.86 bits per heavy atom. The monoisotopic (exact) mass is 306 g/mol. The van der Waals surface area contributed by atoms with Crippen molar-refractivity contribution in [3.63, 3.8) is 0 Å². The maximum absolute atomic E-state index is 10.9. The largest absolute Gasteiger partial charge is 0.477 e. The van der Waals surface area contributed by atoms with Crippen molar-refractivity contribution < 1.29 is 9.90 Å². The van der Waals surface area contributed by atoms with E-state index in [2.05, 4.69) is 9.22 Å². The molecule has 22 heavy (non-hydrogen) atoms. The number of carboxylic acid groups (broad SMARTS) is 1. The van der Waals surface area contributed by atoms with Crippen molar-refractivity contribution in [2.45, 2.75) is 0 Å². The molecule has 5 heteroatoms. The molecule has 0 aliphatic carbocycles. The summed E-state index contributed by atoms with van der Waals surface area (Å²) in [6.45, 7) is 7.38. The average Bonchev–Trinajstić information content (AvgIpc) is 3.05. The topological polar surface area (TPSA) is 54.5 Å². The number of aromatic nitrogens is 1. The molecule has 0 aliphatic rings. The third-order valence-electron chi connectivity index (χ3n) is 3.22. The van der Waals surface area contributed by atoms with Gasteiger partial charge < -0.3 is 5.11 Å². The zero-order valence-corrected chi connectivity index (χ0v) is 12.2. The molecule has 1 heterocycles. The van der Waals surface area contributed by atoms with Crippen LogP contribution >= 0.6 is 11.5 Å². The van der Waals surface area contributed by atoms with E-state index in [1.165, 1.54) is 6.07 Å². The molecule has 0 atom stereocenters. The van der Waals surface area contributed by atoms with Gasteiger partial charge in [0.1, 0.15) is 4.88 Å². The fourth-order valence-corrected chi connectivity index (χ4v) is 2.75. The molecule has 4 nitrogen and oxygen atoms in total. The molecule has 3 aromatic rings. The summed E-state index contributed by atoms with van der Waals surface area (Å²) in [5.41, 5.74) is 3.67. The first-order chi connectivity index (χ1) is 10.7. The van der Waals surface area contributed by atoms with Crippen LogP contribution in [-0.4, -0.2) is 15.4 Å². The average molecular weight is 306 g/mol. The molecule has 0 radical (unpaired) electrons. The van der Waals surface area contributed by atoms with Crippen LogP contribution < -0.4 is 0 Å². The quantitative estimate of drug-likeness (QED) is 0.712. The van der Waals surface area contributed by atoms with Crippen molar-refractivity contribution in [2.24, 2.45) is 0 Å². The number of carboxylic acids is 1. The highest BCUT2D eigenvalue weighted by molar-refractivity contribution is 7.08. The summed E-state index contributed by atoms with van der Waals surface area (Å²) in [5, 5.41) is 8.96. The van der Waals surface area contributed by atoms with Crippen molar-refractivity contribution in [1.29, 1.82) is 0 Å². The van der Waals surface area contributed by atoms with Gasteiger partial charge in [0.2, 0.25) is 0 Å². The van der Waals surface area contributed by atoms with Crippen LogP contribution in [0.5, 0.6) is 0 Å². The van der Waals surface area contributed by atoms with Crippen LogP contribution in [0.4, 0.5) is 5.69 Å². The Morgan fingerprint density at radius 3 is 2.50 bits per heavy atom. The zero-order valence-electron chi connectivity index (χ0n) is 11.4. The van der Waals surface area contributed by atoms with Gasteiger partial charge in [-0.1, -0.05) is 42.5 Å². The Labute approximate surface area is 131 Å². The Bertz CT molecular complexity index is 879. The van der Waals surface area contributed by atoms with Gasteiger partial charge >= 0.3 is 5.97 Å². The summed E-state index contributed by atoms with van der Waals surface area (Å²) < 4.78 is 4.14. The maximum Gasteiger partial charge on any atom is 0.347 e. The predicted octanol–water partition coefficient (Wildman–Crippen LogP) is 4.73. The molecule has 0 amide bonds. The number of benzene rings is 2. The molecule has 0 unspecified atom stereocenters. The van der Waals surface area contributed by atoms with Crippen LogP contribution in [0.15, 0.2) is 54.6 Å². The first-order valence-corrected chi connectivity index (χ1v) is 7.23. The molecule has 1 N–H and O–H groups in total. The molecule has 0 spiro atoms. The fourth-order valence-electron chi connectivity index (χ4n) is 2.16. The van der Waals surface area contributed by atoms with E-state index in [4.69, 9.17) is 11.7 Å². The number of rotatable bonds is 3. The van der Waals surface area contributed by atoms with Crippen LogP contribution in [0.2, 0.25) is 0 Å². The minimum atomic E-state index is -0.991. The van der Waals surface area contributed by atoms with E-state index in [9.17, 15) is 4.79 Å². The van der Waals surface area contributed by atoms with E-state index in [1.807, 2.05) is 42.5 Å². The van der Waals surface area contributed by atoms with Gasteiger partial charge in [-0.3, -0.25) is 0 Å². The van der Waals surface area contributed by atoms with E-state index in [1.54, 1.807) is 6.07 Å². The third-order valence-corrected chi connectivity index (χ3v) is 4.00. The van der Waals surface area contributed by atoms with Crippen LogP contribution in [-0.2, 0) is 0 Å². The van der Waals surface area contributed by atoms with Gasteiger partial charge in [0.15, 0.2) is 5.69 Å². The van der Waals surface area contributed by atoms with E-state index in [0.717, 1.165) is 28.2 Å². The molecule has 0 saturated heterocycles. The number of aromatic carboxylic acids is 1. The lowest BCUT2D eigenvalue weighted by molar-refractivity contribution is 0.0702. The predicted molar refractivity (Wildman–Crippen MR) is 86.2 cm³/mol. The lowest BCUT2D eigenvalue weighted by Crippen LogP contribution is -1.90. The van der Waals surface area contributed by atoms with Gasteiger partial charge in [0.05, 0.1) is 12.3 Å². The second-order valence-electron chi connectivity index (χ2n) is 4.59. The van der Waals surface area contributed by atoms with Crippen LogP contribution in [0.3, 0.4) is 0 Å². The molecule has 0 aliphatic heterocycles. The van der Waals surface area contributed by atoms with Gasteiger partial charge in [-0.05, 0) is 40.4 Å². The van der Waals surface area contributed by atoms with Crippen molar-refractivity contribution in [1.82, 2.24) is 4.37 Å². The van der Waals surface area contributed by atoms with Gasteiger partial charge in [0, 0.05) is 0 Å². The maximum atomic E-state index is 10.9. The first-order valence-electron chi connectivity index (χ1n) is 6.46. The minimum absolute atomic E-state index is 0.187. The highest BCUT2D eigenvalue weighted by Gasteiger charge is 2.12. The van der Waals surface area contributed by atoms with E-state index >= 15 is 0 Å². The Hall–Kier alpha value is -2.97. The number of nitrogens with zero attached hydrogens (tertiary/aromatic N) is 2. The summed E-state index contributed by atoms with van der Waals surface area (Å²) in [6, 6.07) is 16.7. The van der Waals surface area contributed by atoms with Gasteiger partial charge in [0.25, 0.3) is 0 Å². The second-order valence-corrected chi connectivity index (χ2v) is 5.40. The van der Waals surface area contributed by atoms with Crippen molar-refractivity contribution in [3.05, 3.63) is 70.9 Å². The highest BCUT2D eigenvalue weighted by Crippen LogP contribution is 2.34. The molecule has 0 saturated carbocycles. The Morgan fingerprint density at radius 1 is 1.09 bits per heavy atom. The van der Waals surface area contributed by atoms with Crippen LogP contribution in [0.1, 0.15) is 9.67 Å². The second kappa shape index (κ2) is 5.80. The summed E-state index contributed by atoms with van der Waals surface area (Å²) in [6.07, 6.45) is 0. The lowest BCUT2D eigenvalue weighted by Gasteiger charge is -2.06. The van der Waals surface area contributed by atoms with Gasteiger partial charge in [-0.2, -0.15) is 4.37 Å². The SMILES string of the molecule is [C-]#[N+]c1cc(-c2cc(C(=O)O)sn2)ccc1-c1ccccc1. The fraction of sp³-hybridized carbons (Fsp3) is 0. The number of hydrogen-bond donors (Lipinski definition) is 1. The van der Waals surface area contributed by atoms with Crippen LogP contribution in [0.25, 0.3) is 27.2 Å². The molecular weight excluding hydrogens is 296 g/mol. The summed E-state index contributed by atoms with van der Waals surface area (Å²) in [4.78, 5) is 14.7. The highest BCUT2D eigenvalue weighted by atomic mass is 32.1. The molecule has 2 aromatic carbocycles. The van der Waals surface area contributed by atoms with Gasteiger partial charge in [-0.25, -0.2) is 9.64 Å². The van der Waals surface area contributed by atoms with Crippen molar-refractivity contribution in [3.8, 4) is 22.4 Å². The summed E-state index contributed by atoms with van der Waals surface area (Å²) in [5.74, 6) is -0.991. The standard InChI is InChI=1S/C17H10N2O2S/c1-18-15-9-12(14-10-16(17(20)21)22-19-14)7-8-13(15)11-5-3-2-4-6-11/h2-10H,(H,20,21). The summed E-state index contributed by atoms with van der Waals surface area (Å²) >= 11 is 0.939.